The minimum Gasteiger partial charge on any atom is -0.354 e. The Bertz CT molecular complexity index is 1160. The molecule has 3 aromatic rings. The highest BCUT2D eigenvalue weighted by atomic mass is 32.2. The molecular weight excluding hydrogens is 362 g/mol. The lowest BCUT2D eigenvalue weighted by atomic mass is 10.2. The number of fused-ring (bicyclic) bond motifs is 1. The number of hydrogen-bond donors (Lipinski definition) is 2. The first-order valence-electron chi connectivity index (χ1n) is 8.42. The van der Waals surface area contributed by atoms with Gasteiger partial charge in [0.25, 0.3) is 0 Å². The van der Waals surface area contributed by atoms with Crippen molar-refractivity contribution in [2.45, 2.75) is 4.90 Å². The van der Waals surface area contributed by atoms with Gasteiger partial charge in [-0.2, -0.15) is 0 Å². The zero-order chi connectivity index (χ0) is 19.0. The van der Waals surface area contributed by atoms with Crippen molar-refractivity contribution in [3.8, 4) is 0 Å². The second kappa shape index (κ2) is 6.64. The standard InChI is InChI=1S/C19H19N5O2S/c1-24(2)27(25,26)16-5-3-15(4-6-16)22-19-10-18-14(12-21-19)9-17(23-18)13-7-8-20-11-13/h3-7,9-12,23H,8H2,1-2H3,(H,21,22). The van der Waals surface area contributed by atoms with Crippen LogP contribution in [0.1, 0.15) is 5.69 Å². The number of nitrogens with zero attached hydrogens (tertiary/aromatic N) is 3. The lowest BCUT2D eigenvalue weighted by molar-refractivity contribution is 0.521. The summed E-state index contributed by atoms with van der Waals surface area (Å²) in [7, 11) is -0.406. The van der Waals surface area contributed by atoms with Crippen molar-refractivity contribution in [2.24, 2.45) is 4.99 Å². The first kappa shape index (κ1) is 17.4. The number of nitrogens with one attached hydrogen (secondary N) is 2. The monoisotopic (exact) mass is 381 g/mol. The van der Waals surface area contributed by atoms with Crippen LogP contribution in [0.15, 0.2) is 58.6 Å². The van der Waals surface area contributed by atoms with Gasteiger partial charge in [0.05, 0.1) is 17.0 Å². The van der Waals surface area contributed by atoms with Gasteiger partial charge in [0.15, 0.2) is 0 Å². The van der Waals surface area contributed by atoms with Gasteiger partial charge in [0, 0.05) is 54.9 Å². The summed E-state index contributed by atoms with van der Waals surface area (Å²) in [4.78, 5) is 12.3. The van der Waals surface area contributed by atoms with E-state index < -0.39 is 10.0 Å². The average molecular weight is 381 g/mol. The Labute approximate surface area is 157 Å². The van der Waals surface area contributed by atoms with Crippen LogP contribution in [-0.4, -0.2) is 49.5 Å². The minimum atomic E-state index is -3.43. The second-order valence-corrected chi connectivity index (χ2v) is 8.58. The number of aromatic nitrogens is 2. The Morgan fingerprint density at radius 2 is 1.93 bits per heavy atom. The molecule has 0 atom stereocenters. The van der Waals surface area contributed by atoms with Crippen LogP contribution < -0.4 is 5.32 Å². The smallest absolute Gasteiger partial charge is 0.242 e. The molecule has 0 spiro atoms. The number of pyridine rings is 1. The fourth-order valence-corrected chi connectivity index (χ4v) is 3.75. The van der Waals surface area contributed by atoms with E-state index >= 15 is 0 Å². The van der Waals surface area contributed by atoms with Gasteiger partial charge in [0.2, 0.25) is 10.0 Å². The third-order valence-electron chi connectivity index (χ3n) is 4.37. The molecule has 27 heavy (non-hydrogen) atoms. The molecular formula is C19H19N5O2S. The maximum Gasteiger partial charge on any atom is 0.242 e. The van der Waals surface area contributed by atoms with E-state index in [0.29, 0.717) is 5.82 Å². The van der Waals surface area contributed by atoms with Crippen molar-refractivity contribution in [1.82, 2.24) is 14.3 Å². The molecule has 0 aliphatic carbocycles. The maximum absolute atomic E-state index is 12.1. The molecule has 2 aromatic heterocycles. The third-order valence-corrected chi connectivity index (χ3v) is 6.20. The summed E-state index contributed by atoms with van der Waals surface area (Å²) in [6.07, 6.45) is 5.73. The molecule has 8 heteroatoms. The number of sulfonamides is 1. The van der Waals surface area contributed by atoms with E-state index in [4.69, 9.17) is 0 Å². The van der Waals surface area contributed by atoms with Crippen LogP contribution >= 0.6 is 0 Å². The molecule has 0 bridgehead atoms. The summed E-state index contributed by atoms with van der Waals surface area (Å²) in [5.41, 5.74) is 3.83. The molecule has 1 aliphatic rings. The highest BCUT2D eigenvalue weighted by Crippen LogP contribution is 2.25. The van der Waals surface area contributed by atoms with Crippen LogP contribution in [0.25, 0.3) is 16.5 Å². The van der Waals surface area contributed by atoms with Crippen LogP contribution in [0.3, 0.4) is 0 Å². The maximum atomic E-state index is 12.1. The van der Waals surface area contributed by atoms with Crippen molar-refractivity contribution < 1.29 is 8.42 Å². The number of aliphatic imine (C=N–C) groups is 1. The van der Waals surface area contributed by atoms with Gasteiger partial charge in [-0.15, -0.1) is 0 Å². The number of aromatic amines is 1. The summed E-state index contributed by atoms with van der Waals surface area (Å²) in [6.45, 7) is 0.718. The van der Waals surface area contributed by atoms with Gasteiger partial charge < -0.3 is 10.3 Å². The normalized spacial score (nSPS) is 14.1. The van der Waals surface area contributed by atoms with E-state index in [1.54, 1.807) is 30.5 Å². The fraction of sp³-hybridized carbons (Fsp3) is 0.158. The van der Waals surface area contributed by atoms with E-state index in [-0.39, 0.29) is 4.90 Å². The van der Waals surface area contributed by atoms with Crippen molar-refractivity contribution in [3.63, 3.8) is 0 Å². The van der Waals surface area contributed by atoms with Crippen molar-refractivity contribution in [1.29, 1.82) is 0 Å². The van der Waals surface area contributed by atoms with Crippen molar-refractivity contribution in [3.05, 3.63) is 54.4 Å². The number of rotatable bonds is 5. The van der Waals surface area contributed by atoms with Gasteiger partial charge in [-0.3, -0.25) is 4.99 Å². The minimum absolute atomic E-state index is 0.252. The highest BCUT2D eigenvalue weighted by molar-refractivity contribution is 7.89. The first-order valence-corrected chi connectivity index (χ1v) is 9.86. The predicted molar refractivity (Wildman–Crippen MR) is 108 cm³/mol. The molecule has 4 rings (SSSR count). The SMILES string of the molecule is CN(C)S(=O)(=O)c1ccc(Nc2cc3[nH]c(C4=CCN=C4)cc3cn2)cc1. The van der Waals surface area contributed by atoms with Gasteiger partial charge in [-0.1, -0.05) is 6.08 Å². The van der Waals surface area contributed by atoms with Gasteiger partial charge in [-0.05, 0) is 30.3 Å². The quantitative estimate of drug-likeness (QED) is 0.711. The molecule has 1 aliphatic heterocycles. The Morgan fingerprint density at radius 3 is 2.59 bits per heavy atom. The van der Waals surface area contributed by atoms with Crippen LogP contribution in [0, 0.1) is 0 Å². The Morgan fingerprint density at radius 1 is 1.15 bits per heavy atom. The molecule has 0 unspecified atom stereocenters. The van der Waals surface area contributed by atoms with Crippen LogP contribution in [0.5, 0.6) is 0 Å². The summed E-state index contributed by atoms with van der Waals surface area (Å²) >= 11 is 0. The zero-order valence-electron chi connectivity index (χ0n) is 15.0. The molecule has 0 saturated carbocycles. The number of hydrogen-bond acceptors (Lipinski definition) is 5. The predicted octanol–water partition coefficient (Wildman–Crippen LogP) is 3.02. The van der Waals surface area contributed by atoms with Gasteiger partial charge >= 0.3 is 0 Å². The summed E-state index contributed by atoms with van der Waals surface area (Å²) in [6, 6.07) is 10.6. The van der Waals surface area contributed by atoms with E-state index in [9.17, 15) is 8.42 Å². The van der Waals surface area contributed by atoms with Crippen LogP contribution in [0.2, 0.25) is 0 Å². The van der Waals surface area contributed by atoms with E-state index in [1.807, 2.05) is 12.3 Å². The van der Waals surface area contributed by atoms with Gasteiger partial charge in [-0.25, -0.2) is 17.7 Å². The van der Waals surface area contributed by atoms with Crippen molar-refractivity contribution in [2.75, 3.05) is 26.0 Å². The molecule has 0 radical (unpaired) electrons. The largest absolute Gasteiger partial charge is 0.354 e. The Hall–Kier alpha value is -2.97. The van der Waals surface area contributed by atoms with Crippen LogP contribution in [-0.2, 0) is 10.0 Å². The van der Waals surface area contributed by atoms with E-state index in [1.165, 1.54) is 18.4 Å². The van der Waals surface area contributed by atoms with Gasteiger partial charge in [0.1, 0.15) is 5.82 Å². The van der Waals surface area contributed by atoms with Crippen molar-refractivity contribution >= 4 is 44.2 Å². The topological polar surface area (TPSA) is 90.5 Å². The molecule has 0 amide bonds. The number of benzene rings is 1. The van der Waals surface area contributed by atoms with Crippen LogP contribution in [0.4, 0.5) is 11.5 Å². The lowest BCUT2D eigenvalue weighted by Crippen LogP contribution is -2.22. The Kier molecular flexibility index (Phi) is 4.29. The molecule has 0 saturated heterocycles. The molecule has 2 N–H and O–H groups in total. The second-order valence-electron chi connectivity index (χ2n) is 6.43. The first-order chi connectivity index (χ1) is 12.9. The lowest BCUT2D eigenvalue weighted by Gasteiger charge is -2.12. The molecule has 1 aromatic carbocycles. The summed E-state index contributed by atoms with van der Waals surface area (Å²) in [5.74, 6) is 0.674. The molecule has 3 heterocycles. The Balaban J connectivity index is 1.57. The fourth-order valence-electron chi connectivity index (χ4n) is 2.85. The molecule has 0 fully saturated rings. The summed E-state index contributed by atoms with van der Waals surface area (Å²) < 4.78 is 25.5. The third kappa shape index (κ3) is 3.36. The zero-order valence-corrected chi connectivity index (χ0v) is 15.8. The van der Waals surface area contributed by atoms with E-state index in [2.05, 4.69) is 32.4 Å². The molecule has 138 valence electrons. The number of allylic oxidation sites excluding steroid dienone is 1. The average Bonchev–Trinajstić information content (AvgIpc) is 3.31. The summed E-state index contributed by atoms with van der Waals surface area (Å²) in [5, 5.41) is 4.22. The number of H-pyrrole nitrogens is 1. The molecule has 7 nitrogen and oxygen atoms in total. The number of anilines is 2. The highest BCUT2D eigenvalue weighted by Gasteiger charge is 2.16. The van der Waals surface area contributed by atoms with E-state index in [0.717, 1.165) is 34.4 Å².